The van der Waals surface area contributed by atoms with Gasteiger partial charge in [0.05, 0.1) is 23.5 Å². The van der Waals surface area contributed by atoms with E-state index < -0.39 is 21.7 Å². The zero-order valence-corrected chi connectivity index (χ0v) is 13.8. The number of carboxylic acids is 1. The van der Waals surface area contributed by atoms with Crippen molar-refractivity contribution in [1.82, 2.24) is 4.90 Å². The zero-order chi connectivity index (χ0) is 17.2. The molecule has 0 atom stereocenters. The molecule has 1 fully saturated rings. The number of sulfone groups is 1. The number of likely N-dealkylation sites (tertiary alicyclic amines) is 1. The third-order valence-electron chi connectivity index (χ3n) is 3.96. The van der Waals surface area contributed by atoms with Crippen LogP contribution >= 0.6 is 0 Å². The van der Waals surface area contributed by atoms with Crippen LogP contribution in [-0.2, 0) is 14.6 Å². The van der Waals surface area contributed by atoms with E-state index in [0.29, 0.717) is 31.7 Å². The fourth-order valence-corrected chi connectivity index (χ4v) is 3.23. The van der Waals surface area contributed by atoms with Gasteiger partial charge in [-0.25, -0.2) is 8.42 Å². The molecule has 0 radical (unpaired) electrons. The Morgan fingerprint density at radius 2 is 1.87 bits per heavy atom. The maximum atomic E-state index is 12.6. The summed E-state index contributed by atoms with van der Waals surface area (Å²) in [6.07, 6.45) is 1.84. The second kappa shape index (κ2) is 6.57. The molecule has 0 aromatic heterocycles. The first-order chi connectivity index (χ1) is 10.7. The van der Waals surface area contributed by atoms with Gasteiger partial charge in [0, 0.05) is 19.3 Å². The molecule has 1 amide bonds. The summed E-state index contributed by atoms with van der Waals surface area (Å²) in [7, 11) is -2.03. The molecule has 1 aliphatic rings. The van der Waals surface area contributed by atoms with Crippen LogP contribution in [0.25, 0.3) is 0 Å². The van der Waals surface area contributed by atoms with Crippen molar-refractivity contribution in [3.05, 3.63) is 23.8 Å². The molecule has 23 heavy (non-hydrogen) atoms. The summed E-state index contributed by atoms with van der Waals surface area (Å²) in [4.78, 5) is 25.2. The third kappa shape index (κ3) is 3.82. The minimum Gasteiger partial charge on any atom is -0.496 e. The first kappa shape index (κ1) is 17.3. The first-order valence-electron chi connectivity index (χ1n) is 7.14. The van der Waals surface area contributed by atoms with Gasteiger partial charge >= 0.3 is 5.97 Å². The first-order valence-corrected chi connectivity index (χ1v) is 9.03. The maximum absolute atomic E-state index is 12.6. The molecule has 126 valence electrons. The quantitative estimate of drug-likeness (QED) is 0.878. The van der Waals surface area contributed by atoms with Crippen molar-refractivity contribution in [1.29, 1.82) is 0 Å². The van der Waals surface area contributed by atoms with Gasteiger partial charge in [-0.3, -0.25) is 9.59 Å². The minimum absolute atomic E-state index is 0.0436. The van der Waals surface area contributed by atoms with Crippen molar-refractivity contribution in [2.45, 2.75) is 17.7 Å². The van der Waals surface area contributed by atoms with Gasteiger partial charge in [-0.2, -0.15) is 0 Å². The Bertz CT molecular complexity index is 719. The highest BCUT2D eigenvalue weighted by Crippen LogP contribution is 2.26. The third-order valence-corrected chi connectivity index (χ3v) is 5.07. The highest BCUT2D eigenvalue weighted by Gasteiger charge is 2.29. The molecule has 8 heteroatoms. The summed E-state index contributed by atoms with van der Waals surface area (Å²) in [5.41, 5.74) is 0.171. The van der Waals surface area contributed by atoms with Crippen LogP contribution in [0.15, 0.2) is 23.1 Å². The SMILES string of the molecule is COc1ccc(S(C)(=O)=O)cc1C(=O)N1CCC(C(=O)O)CC1. The lowest BCUT2D eigenvalue weighted by Gasteiger charge is -2.30. The maximum Gasteiger partial charge on any atom is 0.306 e. The number of carbonyl (C=O) groups is 2. The average Bonchev–Trinajstić information content (AvgIpc) is 2.52. The predicted molar refractivity (Wildman–Crippen MR) is 82.4 cm³/mol. The molecular weight excluding hydrogens is 322 g/mol. The van der Waals surface area contributed by atoms with Crippen molar-refractivity contribution in [3.63, 3.8) is 0 Å². The predicted octanol–water partition coefficient (Wildman–Crippen LogP) is 1.04. The zero-order valence-electron chi connectivity index (χ0n) is 13.0. The molecular formula is C15H19NO6S. The van der Waals surface area contributed by atoms with E-state index in [2.05, 4.69) is 0 Å². The van der Waals surface area contributed by atoms with Crippen LogP contribution in [0.4, 0.5) is 0 Å². The average molecular weight is 341 g/mol. The number of carbonyl (C=O) groups excluding carboxylic acids is 1. The summed E-state index contributed by atoms with van der Waals surface area (Å²) < 4.78 is 28.5. The molecule has 0 bridgehead atoms. The standard InChI is InChI=1S/C15H19NO6S/c1-22-13-4-3-11(23(2,20)21)9-12(13)14(17)16-7-5-10(6-8-16)15(18)19/h3-4,9-10H,5-8H2,1-2H3,(H,18,19). The van der Waals surface area contributed by atoms with Gasteiger partial charge in [-0.1, -0.05) is 0 Å². The van der Waals surface area contributed by atoms with E-state index in [9.17, 15) is 18.0 Å². The largest absolute Gasteiger partial charge is 0.496 e. The number of hydrogen-bond acceptors (Lipinski definition) is 5. The molecule has 0 aliphatic carbocycles. The molecule has 1 heterocycles. The van der Waals surface area contributed by atoms with Crippen LogP contribution in [-0.4, -0.2) is 56.8 Å². The second-order valence-electron chi connectivity index (χ2n) is 5.54. The monoisotopic (exact) mass is 341 g/mol. The van der Waals surface area contributed by atoms with Gasteiger partial charge in [-0.15, -0.1) is 0 Å². The summed E-state index contributed by atoms with van der Waals surface area (Å²) in [5.74, 6) is -1.35. The van der Waals surface area contributed by atoms with Crippen LogP contribution in [0.1, 0.15) is 23.2 Å². The highest BCUT2D eigenvalue weighted by molar-refractivity contribution is 7.90. The molecule has 2 rings (SSSR count). The number of carboxylic acid groups (broad SMARTS) is 1. The Hall–Kier alpha value is -2.09. The van der Waals surface area contributed by atoms with Crippen molar-refractivity contribution in [3.8, 4) is 5.75 Å². The summed E-state index contributed by atoms with van der Waals surface area (Å²) in [6, 6.07) is 4.15. The number of nitrogens with zero attached hydrogens (tertiary/aromatic N) is 1. The molecule has 1 saturated heterocycles. The lowest BCUT2D eigenvalue weighted by atomic mass is 9.96. The van der Waals surface area contributed by atoms with Crippen LogP contribution in [0.5, 0.6) is 5.75 Å². The summed E-state index contributed by atoms with van der Waals surface area (Å²) in [5, 5.41) is 9.00. The topological polar surface area (TPSA) is 101 Å². The van der Waals surface area contributed by atoms with E-state index in [1.165, 1.54) is 30.2 Å². The van der Waals surface area contributed by atoms with E-state index >= 15 is 0 Å². The number of aliphatic carboxylic acids is 1. The second-order valence-corrected chi connectivity index (χ2v) is 7.55. The van der Waals surface area contributed by atoms with Gasteiger partial charge in [0.25, 0.3) is 5.91 Å². The molecule has 0 spiro atoms. The van der Waals surface area contributed by atoms with Crippen LogP contribution < -0.4 is 4.74 Å². The van der Waals surface area contributed by atoms with Crippen LogP contribution in [0.2, 0.25) is 0 Å². The van der Waals surface area contributed by atoms with Gasteiger partial charge < -0.3 is 14.7 Å². The minimum atomic E-state index is -3.44. The van der Waals surface area contributed by atoms with Gasteiger partial charge in [0.15, 0.2) is 9.84 Å². The van der Waals surface area contributed by atoms with E-state index in [-0.39, 0.29) is 16.4 Å². The van der Waals surface area contributed by atoms with E-state index in [1.54, 1.807) is 0 Å². The molecule has 0 saturated carbocycles. The lowest BCUT2D eigenvalue weighted by molar-refractivity contribution is -0.143. The molecule has 1 N–H and O–H groups in total. The molecule has 0 unspecified atom stereocenters. The van der Waals surface area contributed by atoms with Gasteiger partial charge in [-0.05, 0) is 31.0 Å². The number of methoxy groups -OCH3 is 1. The van der Waals surface area contributed by atoms with Gasteiger partial charge in [0.1, 0.15) is 5.75 Å². The Morgan fingerprint density at radius 1 is 1.26 bits per heavy atom. The van der Waals surface area contributed by atoms with Crippen LogP contribution in [0.3, 0.4) is 0 Å². The fraction of sp³-hybridized carbons (Fsp3) is 0.467. The number of benzene rings is 1. The number of amides is 1. The summed E-state index contributed by atoms with van der Waals surface area (Å²) in [6.45, 7) is 0.643. The highest BCUT2D eigenvalue weighted by atomic mass is 32.2. The number of piperidine rings is 1. The van der Waals surface area contributed by atoms with E-state index in [0.717, 1.165) is 6.26 Å². The van der Waals surface area contributed by atoms with Crippen molar-refractivity contribution in [2.75, 3.05) is 26.5 Å². The number of hydrogen-bond donors (Lipinski definition) is 1. The Morgan fingerprint density at radius 3 is 2.35 bits per heavy atom. The molecule has 7 nitrogen and oxygen atoms in total. The number of ether oxygens (including phenoxy) is 1. The smallest absolute Gasteiger partial charge is 0.306 e. The Balaban J connectivity index is 2.27. The fourth-order valence-electron chi connectivity index (χ4n) is 2.58. The summed E-state index contributed by atoms with van der Waals surface area (Å²) >= 11 is 0. The number of rotatable bonds is 4. The molecule has 1 aromatic carbocycles. The van der Waals surface area contributed by atoms with E-state index in [4.69, 9.17) is 9.84 Å². The van der Waals surface area contributed by atoms with Crippen molar-refractivity contribution < 1.29 is 27.9 Å². The Kier molecular flexibility index (Phi) is 4.93. The molecule has 1 aliphatic heterocycles. The van der Waals surface area contributed by atoms with Crippen LogP contribution in [0, 0.1) is 5.92 Å². The van der Waals surface area contributed by atoms with Crippen molar-refractivity contribution >= 4 is 21.7 Å². The van der Waals surface area contributed by atoms with Gasteiger partial charge in [0.2, 0.25) is 0 Å². The van der Waals surface area contributed by atoms with Crippen molar-refractivity contribution in [2.24, 2.45) is 5.92 Å². The molecule has 1 aromatic rings. The Labute approximate surface area is 134 Å². The lowest BCUT2D eigenvalue weighted by Crippen LogP contribution is -2.40. The normalized spacial score (nSPS) is 16.2. The van der Waals surface area contributed by atoms with E-state index in [1.807, 2.05) is 0 Å².